The lowest BCUT2D eigenvalue weighted by atomic mass is 9.89. The van der Waals surface area contributed by atoms with Gasteiger partial charge in [0.25, 0.3) is 0 Å². The second-order valence-electron chi connectivity index (χ2n) is 10.7. The Hall–Kier alpha value is -0.250. The highest BCUT2D eigenvalue weighted by Crippen LogP contribution is 2.80. The zero-order chi connectivity index (χ0) is 25.6. The van der Waals surface area contributed by atoms with E-state index in [4.69, 9.17) is 0 Å². The average Bonchev–Trinajstić information content (AvgIpc) is 3.65. The molecule has 5 heteroatoms. The quantitative estimate of drug-likeness (QED) is 0.150. The molecule has 0 aromatic carbocycles. The number of rotatable bonds is 15. The Morgan fingerprint density at radius 1 is 0.811 bits per heavy atom. The Morgan fingerprint density at radius 2 is 1.51 bits per heavy atom. The molecule has 0 nitrogen and oxygen atoms in total. The number of thioether (sulfide) groups is 3. The molecule has 0 N–H and O–H groups in total. The first-order valence-electron chi connectivity index (χ1n) is 14.7. The van der Waals surface area contributed by atoms with Crippen molar-refractivity contribution in [3.05, 3.63) is 38.3 Å². The summed E-state index contributed by atoms with van der Waals surface area (Å²) in [6, 6.07) is 2.32. The van der Waals surface area contributed by atoms with Crippen LogP contribution in [0.2, 0.25) is 0 Å². The van der Waals surface area contributed by atoms with Crippen molar-refractivity contribution >= 4 is 67.4 Å². The van der Waals surface area contributed by atoms with Crippen molar-refractivity contribution in [2.75, 3.05) is 0 Å². The summed E-state index contributed by atoms with van der Waals surface area (Å²) in [4.78, 5) is 4.60. The molecule has 0 saturated heterocycles. The predicted octanol–water partition coefficient (Wildman–Crippen LogP) is 12.5. The van der Waals surface area contributed by atoms with Crippen molar-refractivity contribution in [1.82, 2.24) is 0 Å². The molecule has 0 radical (unpaired) electrons. The number of thiophene rings is 2. The van der Waals surface area contributed by atoms with Crippen LogP contribution in [0.4, 0.5) is 0 Å². The highest BCUT2D eigenvalue weighted by Gasteiger charge is 2.68. The van der Waals surface area contributed by atoms with E-state index < -0.39 is 0 Å². The standard InChI is InChI=1S/C32H42S5/c1-3-5-7-9-11-13-15-17-19-25-26(20-18-16-14-12-10-8-6-4-2)36-32-30-29(28-27(35-30)21-23-33-28)37-31(25,32)22-24-34-32/h21-24H,3-17,19H2,1-2H3. The summed E-state index contributed by atoms with van der Waals surface area (Å²) in [6.07, 6.45) is 23.9. The van der Waals surface area contributed by atoms with Crippen molar-refractivity contribution < 1.29 is 0 Å². The van der Waals surface area contributed by atoms with Crippen LogP contribution in [-0.2, 0) is 4.08 Å². The van der Waals surface area contributed by atoms with Crippen molar-refractivity contribution in [2.45, 2.75) is 130 Å². The van der Waals surface area contributed by atoms with Gasteiger partial charge < -0.3 is 0 Å². The van der Waals surface area contributed by atoms with Crippen molar-refractivity contribution in [2.24, 2.45) is 0 Å². The van der Waals surface area contributed by atoms with Gasteiger partial charge in [-0.2, -0.15) is 0 Å². The molecule has 0 amide bonds. The number of allylic oxidation sites excluding steroid dienone is 1. The number of hydrogen-bond acceptors (Lipinski definition) is 5. The lowest BCUT2D eigenvalue weighted by molar-refractivity contribution is 0.569. The first kappa shape index (κ1) is 28.3. The fourth-order valence-electron chi connectivity index (χ4n) is 5.87. The molecule has 3 aliphatic rings. The Morgan fingerprint density at radius 3 is 2.27 bits per heavy atom. The molecule has 0 bridgehead atoms. The number of hydrogen-bond donors (Lipinski definition) is 0. The van der Waals surface area contributed by atoms with Crippen LogP contribution in [0.5, 0.6) is 0 Å². The van der Waals surface area contributed by atoms with Gasteiger partial charge in [-0.05, 0) is 41.7 Å². The van der Waals surface area contributed by atoms with Crippen LogP contribution in [0, 0.1) is 11.8 Å². The Labute approximate surface area is 246 Å². The van der Waals surface area contributed by atoms with Crippen LogP contribution in [0.3, 0.4) is 0 Å². The molecule has 0 aliphatic carbocycles. The van der Waals surface area contributed by atoms with Crippen molar-refractivity contribution in [3.8, 4) is 11.8 Å². The molecular weight excluding hydrogens is 545 g/mol. The summed E-state index contributed by atoms with van der Waals surface area (Å²) in [6.45, 7) is 4.60. The minimum absolute atomic E-state index is 0.0764. The van der Waals surface area contributed by atoms with E-state index in [0.717, 1.165) is 6.42 Å². The van der Waals surface area contributed by atoms with Gasteiger partial charge in [0.2, 0.25) is 0 Å². The topological polar surface area (TPSA) is 0 Å². The fourth-order valence-corrected chi connectivity index (χ4v) is 14.5. The normalized spacial score (nSPS) is 23.5. The third-order valence-corrected chi connectivity index (χ3v) is 15.7. The van der Waals surface area contributed by atoms with Crippen molar-refractivity contribution in [1.29, 1.82) is 0 Å². The van der Waals surface area contributed by atoms with Gasteiger partial charge in [-0.25, -0.2) is 0 Å². The molecule has 5 rings (SSSR count). The van der Waals surface area contributed by atoms with E-state index >= 15 is 0 Å². The highest BCUT2D eigenvalue weighted by atomic mass is 32.2. The van der Waals surface area contributed by atoms with Crippen molar-refractivity contribution in [3.63, 3.8) is 0 Å². The van der Waals surface area contributed by atoms with E-state index in [2.05, 4.69) is 95.2 Å². The smallest absolute Gasteiger partial charge is 0.128 e. The molecule has 2 aromatic heterocycles. The molecule has 5 heterocycles. The number of unbranched alkanes of at least 4 members (excludes halogenated alkanes) is 13. The van der Waals surface area contributed by atoms with Gasteiger partial charge in [0.05, 0.1) is 14.4 Å². The molecule has 0 saturated carbocycles. The minimum Gasteiger partial charge on any atom is -0.142 e. The fraction of sp³-hybridized carbons (Fsp3) is 0.625. The predicted molar refractivity (Wildman–Crippen MR) is 174 cm³/mol. The summed E-state index contributed by atoms with van der Waals surface area (Å²) in [5, 5.41) is 4.68. The van der Waals surface area contributed by atoms with Crippen LogP contribution >= 0.6 is 58.0 Å². The largest absolute Gasteiger partial charge is 0.142 e. The second kappa shape index (κ2) is 13.4. The third kappa shape index (κ3) is 5.67. The van der Waals surface area contributed by atoms with Crippen LogP contribution < -0.4 is 0 Å². The molecule has 37 heavy (non-hydrogen) atoms. The summed E-state index contributed by atoms with van der Waals surface area (Å²) < 4.78 is 3.16. The Bertz CT molecular complexity index is 1170. The van der Waals surface area contributed by atoms with E-state index in [1.54, 1.807) is 15.3 Å². The van der Waals surface area contributed by atoms with Gasteiger partial charge in [0.1, 0.15) is 4.08 Å². The molecule has 2 atom stereocenters. The van der Waals surface area contributed by atoms with Gasteiger partial charge >= 0.3 is 0 Å². The number of fused-ring (bicyclic) bond motifs is 3. The van der Waals surface area contributed by atoms with Gasteiger partial charge in [0, 0.05) is 20.9 Å². The lowest BCUT2D eigenvalue weighted by Gasteiger charge is -2.33. The van der Waals surface area contributed by atoms with Crippen LogP contribution in [0.1, 0.15) is 121 Å². The highest BCUT2D eigenvalue weighted by molar-refractivity contribution is 8.23. The third-order valence-electron chi connectivity index (χ3n) is 7.95. The Balaban J connectivity index is 1.29. The monoisotopic (exact) mass is 586 g/mol. The summed E-state index contributed by atoms with van der Waals surface area (Å²) in [5.41, 5.74) is 1.65. The maximum atomic E-state index is 3.75. The summed E-state index contributed by atoms with van der Waals surface area (Å²) >= 11 is 10.3. The van der Waals surface area contributed by atoms with E-state index in [0.29, 0.717) is 0 Å². The maximum Gasteiger partial charge on any atom is 0.128 e. The molecule has 2 aromatic rings. The second-order valence-corrected chi connectivity index (χ2v) is 16.5. The van der Waals surface area contributed by atoms with Gasteiger partial charge in [-0.1, -0.05) is 121 Å². The molecule has 0 spiro atoms. The van der Waals surface area contributed by atoms with Crippen LogP contribution in [-0.4, -0.2) is 4.75 Å². The van der Waals surface area contributed by atoms with E-state index in [-0.39, 0.29) is 8.83 Å². The van der Waals surface area contributed by atoms with Crippen LogP contribution in [0.25, 0.3) is 9.40 Å². The first-order valence-corrected chi connectivity index (χ1v) is 18.9. The van der Waals surface area contributed by atoms with Gasteiger partial charge in [-0.15, -0.1) is 46.2 Å². The first-order chi connectivity index (χ1) is 18.3. The van der Waals surface area contributed by atoms with Crippen LogP contribution in [0.15, 0.2) is 38.3 Å². The lowest BCUT2D eigenvalue weighted by Crippen LogP contribution is -2.34. The summed E-state index contributed by atoms with van der Waals surface area (Å²) in [7, 11) is 0. The Kier molecular flexibility index (Phi) is 10.2. The minimum atomic E-state index is 0.0764. The zero-order valence-corrected chi connectivity index (χ0v) is 26.7. The molecule has 2 unspecified atom stereocenters. The molecular formula is C32H42S5. The maximum absolute atomic E-state index is 3.75. The van der Waals surface area contributed by atoms with Gasteiger partial charge in [0.15, 0.2) is 0 Å². The van der Waals surface area contributed by atoms with E-state index in [1.807, 2.05) is 11.3 Å². The molecule has 200 valence electrons. The van der Waals surface area contributed by atoms with Gasteiger partial charge in [-0.3, -0.25) is 0 Å². The van der Waals surface area contributed by atoms with E-state index in [9.17, 15) is 0 Å². The SMILES string of the molecule is CCCCCCCCC#CC1=C(CCCCCCCCCC)C23C=CSC2(S1)c1sc2ccsc2c1S3. The summed E-state index contributed by atoms with van der Waals surface area (Å²) in [5.74, 6) is 7.38. The molecule has 3 aliphatic heterocycles. The molecule has 0 fully saturated rings. The average molecular weight is 587 g/mol. The zero-order valence-electron chi connectivity index (χ0n) is 22.7. The van der Waals surface area contributed by atoms with E-state index in [1.165, 1.54) is 111 Å².